The van der Waals surface area contributed by atoms with Gasteiger partial charge >= 0.3 is 0 Å². The molecule has 2 aromatic rings. The fourth-order valence-corrected chi connectivity index (χ4v) is 1.40. The van der Waals surface area contributed by atoms with Crippen molar-refractivity contribution in [3.05, 3.63) is 30.9 Å². The molecular formula is C12H17N5. The summed E-state index contributed by atoms with van der Waals surface area (Å²) in [4.78, 5) is 11.6. The third-order valence-corrected chi connectivity index (χ3v) is 2.54. The number of nitrogens with one attached hydrogen (secondary N) is 2. The smallest absolute Gasteiger partial charge is 0.223 e. The molecule has 0 unspecified atom stereocenters. The summed E-state index contributed by atoms with van der Waals surface area (Å²) in [5, 5.41) is 3.19. The largest absolute Gasteiger partial charge is 0.367 e. The van der Waals surface area contributed by atoms with Crippen molar-refractivity contribution >= 4 is 5.95 Å². The van der Waals surface area contributed by atoms with Crippen LogP contribution in [0.3, 0.4) is 0 Å². The highest BCUT2D eigenvalue weighted by molar-refractivity contribution is 5.60. The minimum Gasteiger partial charge on any atom is -0.367 e. The number of nitrogens with two attached hydrogens (primary N) is 1. The number of hydrogen-bond donors (Lipinski definition) is 3. The Bertz CT molecular complexity index is 458. The maximum atomic E-state index is 5.64. The van der Waals surface area contributed by atoms with Crippen molar-refractivity contribution in [2.24, 2.45) is 5.73 Å². The van der Waals surface area contributed by atoms with Crippen LogP contribution < -0.4 is 11.1 Å². The number of aromatic nitrogens is 3. The molecule has 0 fully saturated rings. The summed E-state index contributed by atoms with van der Waals surface area (Å²) < 4.78 is 0. The van der Waals surface area contributed by atoms with E-state index in [1.807, 2.05) is 32.3 Å². The van der Waals surface area contributed by atoms with E-state index in [2.05, 4.69) is 20.3 Å². The Morgan fingerprint density at radius 1 is 1.29 bits per heavy atom. The first-order valence-electron chi connectivity index (χ1n) is 5.54. The van der Waals surface area contributed by atoms with E-state index in [1.54, 1.807) is 12.4 Å². The predicted octanol–water partition coefficient (Wildman–Crippen LogP) is 1.62. The zero-order chi connectivity index (χ0) is 12.3. The highest BCUT2D eigenvalue weighted by Crippen LogP contribution is 2.17. The van der Waals surface area contributed by atoms with Gasteiger partial charge in [0.2, 0.25) is 5.95 Å². The third-order valence-electron chi connectivity index (χ3n) is 2.54. The first-order valence-corrected chi connectivity index (χ1v) is 5.54. The Hall–Kier alpha value is -1.88. The lowest BCUT2D eigenvalue weighted by molar-refractivity contribution is 0.574. The molecule has 4 N–H and O–H groups in total. The lowest BCUT2D eigenvalue weighted by atomic mass is 10.1. The third kappa shape index (κ3) is 2.82. The summed E-state index contributed by atoms with van der Waals surface area (Å²) in [5.74, 6) is 0.597. The number of nitrogens with zero attached hydrogens (tertiary/aromatic N) is 2. The van der Waals surface area contributed by atoms with Gasteiger partial charge in [0.1, 0.15) is 0 Å². The second kappa shape index (κ2) is 4.55. The van der Waals surface area contributed by atoms with Crippen LogP contribution in [0, 0.1) is 0 Å². The van der Waals surface area contributed by atoms with Gasteiger partial charge in [-0.2, -0.15) is 0 Å². The molecule has 0 radical (unpaired) electrons. The maximum Gasteiger partial charge on any atom is 0.223 e. The molecule has 0 atom stereocenters. The van der Waals surface area contributed by atoms with Crippen molar-refractivity contribution in [2.45, 2.75) is 19.4 Å². The van der Waals surface area contributed by atoms with E-state index in [4.69, 9.17) is 5.73 Å². The summed E-state index contributed by atoms with van der Waals surface area (Å²) >= 11 is 0. The first-order chi connectivity index (χ1) is 8.11. The van der Waals surface area contributed by atoms with Crippen LogP contribution in [0.15, 0.2) is 30.9 Å². The fourth-order valence-electron chi connectivity index (χ4n) is 1.40. The molecule has 90 valence electrons. The highest BCUT2D eigenvalue weighted by Gasteiger charge is 2.15. The Morgan fingerprint density at radius 3 is 2.53 bits per heavy atom. The maximum absolute atomic E-state index is 5.64. The molecule has 5 nitrogen and oxygen atoms in total. The zero-order valence-corrected chi connectivity index (χ0v) is 10.1. The Labute approximate surface area is 100 Å². The standard InChI is InChI=1S/C12H17N5/c1-12(2,8-13)17-11-15-6-10(7-16-11)9-3-4-14-5-9/h3-7,14H,8,13H2,1-2H3,(H,15,16,17). The van der Waals surface area contributed by atoms with Gasteiger partial charge in [-0.25, -0.2) is 9.97 Å². The summed E-state index contributed by atoms with van der Waals surface area (Å²) in [6.07, 6.45) is 7.38. The lowest BCUT2D eigenvalue weighted by Crippen LogP contribution is -2.39. The van der Waals surface area contributed by atoms with E-state index in [1.165, 1.54) is 0 Å². The van der Waals surface area contributed by atoms with Crippen LogP contribution in [0.5, 0.6) is 0 Å². The molecule has 0 aromatic carbocycles. The Morgan fingerprint density at radius 2 is 2.00 bits per heavy atom. The topological polar surface area (TPSA) is 79.6 Å². The molecule has 0 amide bonds. The van der Waals surface area contributed by atoms with E-state index in [-0.39, 0.29) is 5.54 Å². The molecule has 2 aromatic heterocycles. The van der Waals surface area contributed by atoms with Crippen LogP contribution in [0.1, 0.15) is 13.8 Å². The van der Waals surface area contributed by atoms with Crippen LogP contribution in [0.4, 0.5) is 5.95 Å². The van der Waals surface area contributed by atoms with Crippen molar-refractivity contribution < 1.29 is 0 Å². The minimum atomic E-state index is -0.199. The van der Waals surface area contributed by atoms with Gasteiger partial charge in [0.15, 0.2) is 0 Å². The van der Waals surface area contributed by atoms with Crippen LogP contribution >= 0.6 is 0 Å². The second-order valence-corrected chi connectivity index (χ2v) is 4.61. The van der Waals surface area contributed by atoms with Crippen LogP contribution in [0.25, 0.3) is 11.1 Å². The van der Waals surface area contributed by atoms with E-state index in [9.17, 15) is 0 Å². The van der Waals surface area contributed by atoms with Crippen LogP contribution in [-0.2, 0) is 0 Å². The summed E-state index contributed by atoms with van der Waals surface area (Å²) in [6, 6.07) is 1.98. The van der Waals surface area contributed by atoms with Gasteiger partial charge < -0.3 is 16.0 Å². The molecule has 0 aliphatic carbocycles. The van der Waals surface area contributed by atoms with Gasteiger partial charge in [0, 0.05) is 48.0 Å². The van der Waals surface area contributed by atoms with E-state index in [0.29, 0.717) is 12.5 Å². The average molecular weight is 231 g/mol. The van der Waals surface area contributed by atoms with Crippen molar-refractivity contribution in [3.63, 3.8) is 0 Å². The first kappa shape index (κ1) is 11.6. The molecular weight excluding hydrogens is 214 g/mol. The van der Waals surface area contributed by atoms with E-state index in [0.717, 1.165) is 11.1 Å². The molecule has 17 heavy (non-hydrogen) atoms. The number of hydrogen-bond acceptors (Lipinski definition) is 4. The van der Waals surface area contributed by atoms with Crippen molar-refractivity contribution in [1.29, 1.82) is 0 Å². The van der Waals surface area contributed by atoms with Crippen molar-refractivity contribution in [1.82, 2.24) is 15.0 Å². The quantitative estimate of drug-likeness (QED) is 0.747. The molecule has 0 aliphatic heterocycles. The lowest BCUT2D eigenvalue weighted by Gasteiger charge is -2.23. The van der Waals surface area contributed by atoms with Gasteiger partial charge in [0.05, 0.1) is 0 Å². The van der Waals surface area contributed by atoms with Gasteiger partial charge in [-0.3, -0.25) is 0 Å². The summed E-state index contributed by atoms with van der Waals surface area (Å²) in [6.45, 7) is 4.54. The number of H-pyrrole nitrogens is 1. The Kier molecular flexibility index (Phi) is 3.10. The number of aromatic amines is 1. The molecule has 0 saturated carbocycles. The van der Waals surface area contributed by atoms with E-state index >= 15 is 0 Å². The molecule has 2 heterocycles. The number of anilines is 1. The minimum absolute atomic E-state index is 0.199. The van der Waals surface area contributed by atoms with Gasteiger partial charge in [-0.05, 0) is 19.9 Å². The average Bonchev–Trinajstić information content (AvgIpc) is 2.83. The van der Waals surface area contributed by atoms with Gasteiger partial charge in [-0.1, -0.05) is 0 Å². The molecule has 0 bridgehead atoms. The fraction of sp³-hybridized carbons (Fsp3) is 0.333. The molecule has 0 spiro atoms. The normalized spacial score (nSPS) is 11.5. The molecule has 2 rings (SSSR count). The van der Waals surface area contributed by atoms with Crippen molar-refractivity contribution in [3.8, 4) is 11.1 Å². The Balaban J connectivity index is 2.14. The predicted molar refractivity (Wildman–Crippen MR) is 68.6 cm³/mol. The SMILES string of the molecule is CC(C)(CN)Nc1ncc(-c2cc[nH]c2)cn1. The summed E-state index contributed by atoms with van der Waals surface area (Å²) in [7, 11) is 0. The van der Waals surface area contributed by atoms with Crippen molar-refractivity contribution in [2.75, 3.05) is 11.9 Å². The summed E-state index contributed by atoms with van der Waals surface area (Å²) in [5.41, 5.74) is 7.51. The molecule has 5 heteroatoms. The highest BCUT2D eigenvalue weighted by atomic mass is 15.1. The van der Waals surface area contributed by atoms with Crippen LogP contribution in [0.2, 0.25) is 0 Å². The van der Waals surface area contributed by atoms with Gasteiger partial charge in [-0.15, -0.1) is 0 Å². The van der Waals surface area contributed by atoms with Crippen LogP contribution in [-0.4, -0.2) is 27.0 Å². The molecule has 0 aliphatic rings. The van der Waals surface area contributed by atoms with E-state index < -0.39 is 0 Å². The molecule has 0 saturated heterocycles. The monoisotopic (exact) mass is 231 g/mol. The number of rotatable bonds is 4. The second-order valence-electron chi connectivity index (χ2n) is 4.61. The van der Waals surface area contributed by atoms with Gasteiger partial charge in [0.25, 0.3) is 0 Å². The zero-order valence-electron chi connectivity index (χ0n) is 10.1.